The molecule has 0 aliphatic heterocycles. The number of aromatic hydroxyl groups is 2. The second-order valence-electron chi connectivity index (χ2n) is 11.4. The Hall–Kier alpha value is -4.80. The lowest BCUT2D eigenvalue weighted by Gasteiger charge is -2.25. The minimum atomic E-state index is -0.336. The lowest BCUT2D eigenvalue weighted by Crippen LogP contribution is -2.37. The maximum absolute atomic E-state index is 11.9. The van der Waals surface area contributed by atoms with Crippen LogP contribution in [0.25, 0.3) is 75.1 Å². The van der Waals surface area contributed by atoms with E-state index in [1.54, 1.807) is 0 Å². The Morgan fingerprint density at radius 1 is 0.391 bits per heavy atom. The summed E-state index contributed by atoms with van der Waals surface area (Å²) in [5.74, 6) is -0.672. The molecule has 0 atom stereocenters. The molecule has 2 nitrogen and oxygen atoms in total. The van der Waals surface area contributed by atoms with E-state index in [0.717, 1.165) is 52.8 Å². The molecular weight excluding hydrogens is 575 g/mol. The van der Waals surface area contributed by atoms with Crippen LogP contribution in [0.15, 0.2) is 103 Å². The Kier molecular flexibility index (Phi) is 6.63. The predicted molar refractivity (Wildman–Crippen MR) is 201 cm³/mol. The smallest absolute Gasteiger partial charge is 0.120 e. The molecule has 8 aromatic rings. The van der Waals surface area contributed by atoms with Gasteiger partial charge in [0.2, 0.25) is 0 Å². The van der Waals surface area contributed by atoms with E-state index in [1.807, 2.05) is 91.0 Å². The summed E-state index contributed by atoms with van der Waals surface area (Å²) >= 11 is 1.49. The number of phenolic OH excluding ortho intramolecular Hbond substituents is 2. The van der Waals surface area contributed by atoms with Crippen LogP contribution in [0.1, 0.15) is 0 Å². The molecule has 10 radical (unpaired) electrons. The molecule has 0 saturated carbocycles. The van der Waals surface area contributed by atoms with Crippen LogP contribution in [0.5, 0.6) is 11.5 Å². The Labute approximate surface area is 276 Å². The molecule has 204 valence electrons. The van der Waals surface area contributed by atoms with Crippen molar-refractivity contribution >= 4 is 120 Å². The second-order valence-corrected chi connectivity index (χ2v) is 12.5. The van der Waals surface area contributed by atoms with Crippen molar-refractivity contribution in [1.82, 2.24) is 0 Å². The van der Waals surface area contributed by atoms with Crippen LogP contribution in [-0.4, -0.2) is 49.4 Å². The molecule has 2 N–H and O–H groups in total. The first-order valence-electron chi connectivity index (χ1n) is 14.7. The Morgan fingerprint density at radius 3 is 1.41 bits per heavy atom. The summed E-state index contributed by atoms with van der Waals surface area (Å²) in [6.07, 6.45) is 0. The summed E-state index contributed by atoms with van der Waals surface area (Å²) in [5.41, 5.74) is 3.89. The van der Waals surface area contributed by atoms with Gasteiger partial charge in [0.1, 0.15) is 50.7 Å². The van der Waals surface area contributed by atoms with E-state index in [2.05, 4.69) is 12.1 Å². The normalized spacial score (nSPS) is 11.7. The van der Waals surface area contributed by atoms with Gasteiger partial charge in [-0.05, 0) is 71.6 Å². The number of benzene rings is 7. The van der Waals surface area contributed by atoms with Crippen LogP contribution in [0.2, 0.25) is 0 Å². The number of phenols is 2. The van der Waals surface area contributed by atoms with E-state index in [1.165, 1.54) is 11.3 Å². The second kappa shape index (κ2) is 10.6. The molecule has 0 unspecified atom stereocenters. The average molecular weight is 594 g/mol. The van der Waals surface area contributed by atoms with Gasteiger partial charge in [-0.1, -0.05) is 113 Å². The zero-order valence-electron chi connectivity index (χ0n) is 24.5. The summed E-state index contributed by atoms with van der Waals surface area (Å²) in [5, 5.41) is 29.0. The van der Waals surface area contributed by atoms with Crippen molar-refractivity contribution in [3.8, 4) is 44.9 Å². The van der Waals surface area contributed by atoms with E-state index in [-0.39, 0.29) is 44.6 Å². The summed E-state index contributed by atoms with van der Waals surface area (Å²) in [7, 11) is 33.6. The summed E-state index contributed by atoms with van der Waals surface area (Å²) < 4.78 is 1.74. The van der Waals surface area contributed by atoms with Crippen LogP contribution in [0.4, 0.5) is 0 Å². The molecule has 0 fully saturated rings. The molecule has 8 rings (SSSR count). The minimum Gasteiger partial charge on any atom is -0.508 e. The van der Waals surface area contributed by atoms with Crippen molar-refractivity contribution in [3.05, 3.63) is 103 Å². The van der Waals surface area contributed by atoms with Gasteiger partial charge >= 0.3 is 0 Å². The Bertz CT molecular complexity index is 2470. The molecule has 1 heterocycles. The largest absolute Gasteiger partial charge is 0.508 e. The van der Waals surface area contributed by atoms with Crippen molar-refractivity contribution in [3.63, 3.8) is 0 Å². The third-order valence-electron chi connectivity index (χ3n) is 8.95. The lowest BCUT2D eigenvalue weighted by atomic mass is 9.65. The van der Waals surface area contributed by atoms with Crippen LogP contribution in [0, 0.1) is 0 Å². The zero-order valence-corrected chi connectivity index (χ0v) is 25.3. The molecular formula is C38H19B5O2S. The summed E-state index contributed by atoms with van der Waals surface area (Å²) in [4.78, 5) is 0. The summed E-state index contributed by atoms with van der Waals surface area (Å²) in [6, 6.07) is 33.8. The molecule has 0 amide bonds. The highest BCUT2D eigenvalue weighted by Gasteiger charge is 2.27. The highest BCUT2D eigenvalue weighted by molar-refractivity contribution is 7.27. The zero-order chi connectivity index (χ0) is 31.9. The summed E-state index contributed by atoms with van der Waals surface area (Å²) in [6.45, 7) is 0. The van der Waals surface area contributed by atoms with E-state index in [4.69, 9.17) is 39.2 Å². The standard InChI is InChI=1S/C38H19B5O2S/c39-31-27-23-16-8-9-17-24(23)46-38(27)35(43)32(40)28(31)29-33(41)36(44)30(37(45)34(29)42)26-21-14-6-4-12-19(21)25(18-10-2-1-3-11-18)20-13-5-7-15-22(20)26/h1-17,44-45H. The maximum Gasteiger partial charge on any atom is 0.120 e. The molecule has 0 saturated heterocycles. The average Bonchev–Trinajstić information content (AvgIpc) is 3.48. The SMILES string of the molecule is [B]c1c(O)c(-c2c3ccccc3c(-c3ccccc3)c3ccccc23)c(O)c([B])c1-c1c([B])c([B])c2sc3ccccc3c2c1[B]. The van der Waals surface area contributed by atoms with Crippen molar-refractivity contribution < 1.29 is 10.2 Å². The molecule has 0 spiro atoms. The van der Waals surface area contributed by atoms with Gasteiger partial charge in [0.05, 0.1) is 5.56 Å². The molecule has 0 aliphatic rings. The maximum atomic E-state index is 11.9. The van der Waals surface area contributed by atoms with Gasteiger partial charge in [-0.25, -0.2) is 0 Å². The molecule has 0 aliphatic carbocycles. The third-order valence-corrected chi connectivity index (χ3v) is 10.2. The highest BCUT2D eigenvalue weighted by atomic mass is 32.1. The fraction of sp³-hybridized carbons (Fsp3) is 0. The molecule has 1 aromatic heterocycles. The number of fused-ring (bicyclic) bond motifs is 5. The van der Waals surface area contributed by atoms with Gasteiger partial charge in [-0.3, -0.25) is 0 Å². The van der Waals surface area contributed by atoms with Crippen LogP contribution in [0.3, 0.4) is 0 Å². The predicted octanol–water partition coefficient (Wildman–Crippen LogP) is 4.74. The molecule has 7 aromatic carbocycles. The fourth-order valence-corrected chi connectivity index (χ4v) is 8.07. The van der Waals surface area contributed by atoms with Crippen LogP contribution >= 0.6 is 11.3 Å². The topological polar surface area (TPSA) is 40.5 Å². The quantitative estimate of drug-likeness (QED) is 0.230. The number of thiophene rings is 1. The van der Waals surface area contributed by atoms with E-state index >= 15 is 0 Å². The monoisotopic (exact) mass is 594 g/mol. The van der Waals surface area contributed by atoms with E-state index in [9.17, 15) is 10.2 Å². The highest BCUT2D eigenvalue weighted by Crippen LogP contribution is 2.48. The number of hydrogen-bond acceptors (Lipinski definition) is 3. The van der Waals surface area contributed by atoms with Crippen LogP contribution < -0.4 is 27.3 Å². The van der Waals surface area contributed by atoms with Gasteiger partial charge in [0, 0.05) is 15.0 Å². The fourth-order valence-electron chi connectivity index (χ4n) is 6.88. The number of rotatable bonds is 3. The third kappa shape index (κ3) is 3.96. The first-order chi connectivity index (χ1) is 22.3. The lowest BCUT2D eigenvalue weighted by molar-refractivity contribution is 0.460. The molecule has 8 heteroatoms. The van der Waals surface area contributed by atoms with Crippen LogP contribution in [-0.2, 0) is 0 Å². The first kappa shape index (κ1) is 28.7. The first-order valence-corrected chi connectivity index (χ1v) is 15.5. The van der Waals surface area contributed by atoms with Crippen molar-refractivity contribution in [2.75, 3.05) is 0 Å². The van der Waals surface area contributed by atoms with Gasteiger partial charge in [0.15, 0.2) is 0 Å². The molecule has 46 heavy (non-hydrogen) atoms. The molecule has 0 bridgehead atoms. The van der Waals surface area contributed by atoms with Gasteiger partial charge < -0.3 is 10.2 Å². The van der Waals surface area contributed by atoms with Gasteiger partial charge in [-0.2, -0.15) is 0 Å². The van der Waals surface area contributed by atoms with Gasteiger partial charge in [0.25, 0.3) is 0 Å². The van der Waals surface area contributed by atoms with Crippen molar-refractivity contribution in [1.29, 1.82) is 0 Å². The number of hydrogen-bond donors (Lipinski definition) is 2. The Balaban J connectivity index is 1.48. The van der Waals surface area contributed by atoms with E-state index in [0.29, 0.717) is 16.5 Å². The van der Waals surface area contributed by atoms with Crippen molar-refractivity contribution in [2.24, 2.45) is 0 Å². The van der Waals surface area contributed by atoms with E-state index < -0.39 is 0 Å². The van der Waals surface area contributed by atoms with Gasteiger partial charge in [-0.15, -0.1) is 11.3 Å². The minimum absolute atomic E-state index is 0.0673. The Morgan fingerprint density at radius 2 is 0.848 bits per heavy atom. The van der Waals surface area contributed by atoms with Crippen molar-refractivity contribution in [2.45, 2.75) is 0 Å².